The van der Waals surface area contributed by atoms with Gasteiger partial charge in [0.2, 0.25) is 0 Å². The zero-order valence-electron chi connectivity index (χ0n) is 11.1. The van der Waals surface area contributed by atoms with Gasteiger partial charge in [-0.25, -0.2) is 8.78 Å². The summed E-state index contributed by atoms with van der Waals surface area (Å²) in [6, 6.07) is 3.25. The zero-order valence-corrected chi connectivity index (χ0v) is 11.1. The lowest BCUT2D eigenvalue weighted by atomic mass is 9.96. The third-order valence-corrected chi connectivity index (χ3v) is 3.44. The molecule has 1 aromatic carbocycles. The maximum atomic E-state index is 13.1. The Hall–Kier alpha value is -1.00. The predicted molar refractivity (Wildman–Crippen MR) is 68.3 cm³/mol. The third kappa shape index (κ3) is 4.03. The van der Waals surface area contributed by atoms with Crippen LogP contribution in [0.2, 0.25) is 0 Å². The molecule has 1 atom stereocenters. The number of rotatable bonds is 6. The minimum absolute atomic E-state index is 0.208. The number of nitrogens with one attached hydrogen (secondary N) is 1. The minimum Gasteiger partial charge on any atom is -0.389 e. The number of aliphatic hydroxyl groups is 1. The van der Waals surface area contributed by atoms with Crippen molar-refractivity contribution >= 4 is 0 Å². The molecule has 102 valence electrons. The molecular weight excluding hydrogens is 236 g/mol. The molecule has 0 saturated carbocycles. The van der Waals surface area contributed by atoms with Crippen LogP contribution in [0.3, 0.4) is 0 Å². The van der Waals surface area contributed by atoms with Gasteiger partial charge in [0.1, 0.15) is 11.6 Å². The van der Waals surface area contributed by atoms with E-state index >= 15 is 0 Å². The van der Waals surface area contributed by atoms with Crippen molar-refractivity contribution in [3.05, 3.63) is 35.4 Å². The summed E-state index contributed by atoms with van der Waals surface area (Å²) in [6.07, 6.45) is 1.28. The van der Waals surface area contributed by atoms with Gasteiger partial charge < -0.3 is 10.4 Å². The van der Waals surface area contributed by atoms with E-state index in [4.69, 9.17) is 0 Å². The van der Waals surface area contributed by atoms with Gasteiger partial charge in [0, 0.05) is 18.7 Å². The van der Waals surface area contributed by atoms with Crippen molar-refractivity contribution in [3.8, 4) is 0 Å². The number of benzene rings is 1. The molecule has 0 bridgehead atoms. The second-order valence-electron chi connectivity index (χ2n) is 4.74. The van der Waals surface area contributed by atoms with Gasteiger partial charge in [0.25, 0.3) is 0 Å². The maximum absolute atomic E-state index is 13.1. The highest BCUT2D eigenvalue weighted by atomic mass is 19.1. The van der Waals surface area contributed by atoms with Crippen molar-refractivity contribution < 1.29 is 13.9 Å². The van der Waals surface area contributed by atoms with E-state index in [1.807, 2.05) is 20.8 Å². The van der Waals surface area contributed by atoms with Crippen LogP contribution < -0.4 is 5.32 Å². The van der Waals surface area contributed by atoms with E-state index in [0.717, 1.165) is 6.07 Å². The summed E-state index contributed by atoms with van der Waals surface area (Å²) in [6.45, 7) is 6.05. The fraction of sp³-hybridized carbons (Fsp3) is 0.571. The van der Waals surface area contributed by atoms with Gasteiger partial charge in [0.05, 0.1) is 5.60 Å². The third-order valence-electron chi connectivity index (χ3n) is 3.44. The molecule has 0 amide bonds. The van der Waals surface area contributed by atoms with Crippen molar-refractivity contribution in [1.82, 2.24) is 5.32 Å². The molecule has 0 fully saturated rings. The Kier molecular flexibility index (Phi) is 5.23. The molecule has 0 aromatic heterocycles. The van der Waals surface area contributed by atoms with E-state index in [9.17, 15) is 13.9 Å². The normalized spacial score (nSPS) is 13.7. The molecule has 18 heavy (non-hydrogen) atoms. The monoisotopic (exact) mass is 257 g/mol. The first-order valence-corrected chi connectivity index (χ1v) is 6.32. The number of hydrogen-bond donors (Lipinski definition) is 2. The van der Waals surface area contributed by atoms with E-state index in [2.05, 4.69) is 5.32 Å². The van der Waals surface area contributed by atoms with Crippen LogP contribution >= 0.6 is 0 Å². The van der Waals surface area contributed by atoms with Gasteiger partial charge in [-0.2, -0.15) is 0 Å². The molecule has 2 nitrogen and oxygen atoms in total. The van der Waals surface area contributed by atoms with Crippen LogP contribution in [-0.4, -0.2) is 17.3 Å². The first-order chi connectivity index (χ1) is 8.40. The average molecular weight is 257 g/mol. The Morgan fingerprint density at radius 3 is 2.11 bits per heavy atom. The Labute approximate surface area is 107 Å². The molecule has 0 spiro atoms. The summed E-state index contributed by atoms with van der Waals surface area (Å²) in [7, 11) is 0. The van der Waals surface area contributed by atoms with Crippen molar-refractivity contribution in [3.63, 3.8) is 0 Å². The largest absolute Gasteiger partial charge is 0.389 e. The highest BCUT2D eigenvalue weighted by Crippen LogP contribution is 2.18. The minimum atomic E-state index is -0.764. The fourth-order valence-electron chi connectivity index (χ4n) is 1.79. The molecule has 2 N–H and O–H groups in total. The van der Waals surface area contributed by atoms with E-state index in [1.165, 1.54) is 12.1 Å². The van der Waals surface area contributed by atoms with E-state index in [1.54, 1.807) is 0 Å². The Balaban J connectivity index is 2.68. The van der Waals surface area contributed by atoms with Gasteiger partial charge >= 0.3 is 0 Å². The van der Waals surface area contributed by atoms with Crippen molar-refractivity contribution in [2.45, 2.75) is 45.3 Å². The number of hydrogen-bond acceptors (Lipinski definition) is 2. The van der Waals surface area contributed by atoms with Crippen LogP contribution in [0.4, 0.5) is 8.78 Å². The molecule has 4 heteroatoms. The topological polar surface area (TPSA) is 32.3 Å². The van der Waals surface area contributed by atoms with Gasteiger partial charge in [-0.3, -0.25) is 0 Å². The first kappa shape index (κ1) is 15.1. The highest BCUT2D eigenvalue weighted by Gasteiger charge is 2.22. The molecule has 0 radical (unpaired) electrons. The molecule has 0 saturated heterocycles. The lowest BCUT2D eigenvalue weighted by Gasteiger charge is -2.27. The Bertz CT molecular complexity index is 371. The highest BCUT2D eigenvalue weighted by molar-refractivity contribution is 5.20. The summed E-state index contributed by atoms with van der Waals surface area (Å²) in [5.41, 5.74) is -0.220. The quantitative estimate of drug-likeness (QED) is 0.820. The summed E-state index contributed by atoms with van der Waals surface area (Å²) in [5, 5.41) is 13.2. The SMILES string of the molecule is CCC(O)(CC)CNC(C)c1cc(F)cc(F)c1. The molecule has 0 aliphatic rings. The molecular formula is C14H21F2NO. The summed E-state index contributed by atoms with van der Waals surface area (Å²) in [5.74, 6) is -1.17. The van der Waals surface area contributed by atoms with Crippen LogP contribution in [0.25, 0.3) is 0 Å². The Morgan fingerprint density at radius 1 is 1.17 bits per heavy atom. The predicted octanol–water partition coefficient (Wildman–Crippen LogP) is 3.17. The second-order valence-corrected chi connectivity index (χ2v) is 4.74. The summed E-state index contributed by atoms with van der Waals surface area (Å²) in [4.78, 5) is 0. The molecule has 1 unspecified atom stereocenters. The lowest BCUT2D eigenvalue weighted by Crippen LogP contribution is -2.40. The standard InChI is InChI=1S/C14H21F2NO/c1-4-14(18,5-2)9-17-10(3)11-6-12(15)8-13(16)7-11/h6-8,10,17-18H,4-5,9H2,1-3H3. The van der Waals surface area contributed by atoms with Gasteiger partial charge in [0.15, 0.2) is 0 Å². The van der Waals surface area contributed by atoms with Crippen LogP contribution in [0.5, 0.6) is 0 Å². The molecule has 0 heterocycles. The molecule has 1 aromatic rings. The summed E-state index contributed by atoms with van der Waals surface area (Å²) < 4.78 is 26.2. The molecule has 0 aliphatic heterocycles. The number of halogens is 2. The average Bonchev–Trinajstić information content (AvgIpc) is 2.34. The van der Waals surface area contributed by atoms with E-state index < -0.39 is 17.2 Å². The van der Waals surface area contributed by atoms with Crippen molar-refractivity contribution in [2.24, 2.45) is 0 Å². The van der Waals surface area contributed by atoms with Crippen molar-refractivity contribution in [1.29, 1.82) is 0 Å². The van der Waals surface area contributed by atoms with Crippen LogP contribution in [0.15, 0.2) is 18.2 Å². The van der Waals surface area contributed by atoms with Crippen LogP contribution in [-0.2, 0) is 0 Å². The Morgan fingerprint density at radius 2 is 1.67 bits per heavy atom. The lowest BCUT2D eigenvalue weighted by molar-refractivity contribution is 0.0303. The van der Waals surface area contributed by atoms with Gasteiger partial charge in [-0.05, 0) is 37.5 Å². The first-order valence-electron chi connectivity index (χ1n) is 6.32. The fourth-order valence-corrected chi connectivity index (χ4v) is 1.79. The summed E-state index contributed by atoms with van der Waals surface area (Å²) >= 11 is 0. The van der Waals surface area contributed by atoms with E-state index in [-0.39, 0.29) is 6.04 Å². The maximum Gasteiger partial charge on any atom is 0.126 e. The smallest absolute Gasteiger partial charge is 0.126 e. The zero-order chi connectivity index (χ0) is 13.8. The van der Waals surface area contributed by atoms with Crippen LogP contribution in [0.1, 0.15) is 45.2 Å². The van der Waals surface area contributed by atoms with E-state index in [0.29, 0.717) is 24.9 Å². The van der Waals surface area contributed by atoms with Crippen LogP contribution in [0, 0.1) is 11.6 Å². The van der Waals surface area contributed by atoms with Gasteiger partial charge in [-0.15, -0.1) is 0 Å². The second kappa shape index (κ2) is 6.25. The molecule has 1 rings (SSSR count). The van der Waals surface area contributed by atoms with Crippen molar-refractivity contribution in [2.75, 3.05) is 6.54 Å². The molecule has 0 aliphatic carbocycles. The van der Waals surface area contributed by atoms with Gasteiger partial charge in [-0.1, -0.05) is 13.8 Å².